The Balaban J connectivity index is 1.52. The van der Waals surface area contributed by atoms with E-state index >= 15 is 0 Å². The molecule has 0 bridgehead atoms. The molecule has 0 aliphatic carbocycles. The van der Waals surface area contributed by atoms with Crippen LogP contribution < -0.4 is 4.90 Å². The zero-order valence-corrected chi connectivity index (χ0v) is 21.3. The van der Waals surface area contributed by atoms with E-state index < -0.39 is 10.0 Å². The summed E-state index contributed by atoms with van der Waals surface area (Å²) in [7, 11) is -3.51. The van der Waals surface area contributed by atoms with Crippen LogP contribution in [0.15, 0.2) is 34.5 Å². The lowest BCUT2D eigenvalue weighted by Gasteiger charge is -2.34. The number of anilines is 1. The Bertz CT molecular complexity index is 1220. The highest BCUT2D eigenvalue weighted by Gasteiger charge is 2.31. The van der Waals surface area contributed by atoms with Gasteiger partial charge in [-0.2, -0.15) is 4.31 Å². The van der Waals surface area contributed by atoms with Crippen LogP contribution in [0, 0.1) is 41.5 Å². The molecule has 0 unspecified atom stereocenters. The molecule has 0 saturated carbocycles. The molecule has 1 aliphatic rings. The molecule has 2 aromatic carbocycles. The van der Waals surface area contributed by atoms with E-state index in [2.05, 4.69) is 43.2 Å². The molecule has 0 amide bonds. The van der Waals surface area contributed by atoms with Crippen molar-refractivity contribution in [3.05, 3.63) is 63.0 Å². The first kappa shape index (κ1) is 23.0. The van der Waals surface area contributed by atoms with Crippen LogP contribution in [0.2, 0.25) is 0 Å². The number of aryl methyl sites for hydroxylation is 6. The maximum atomic E-state index is 13.4. The number of sulfonamides is 1. The second kappa shape index (κ2) is 8.61. The van der Waals surface area contributed by atoms with Gasteiger partial charge in [0.25, 0.3) is 0 Å². The number of thiazole rings is 1. The molecule has 1 aromatic heterocycles. The fraction of sp³-hybridized carbons (Fsp3) is 0.400. The molecule has 4 rings (SSSR count). The van der Waals surface area contributed by atoms with E-state index in [0.29, 0.717) is 31.1 Å². The third kappa shape index (κ3) is 4.21. The van der Waals surface area contributed by atoms with Gasteiger partial charge in [0, 0.05) is 37.1 Å². The van der Waals surface area contributed by atoms with Crippen molar-refractivity contribution < 1.29 is 8.42 Å². The number of hydrogen-bond donors (Lipinski definition) is 0. The molecule has 3 aromatic rings. The highest BCUT2D eigenvalue weighted by molar-refractivity contribution is 7.89. The highest BCUT2D eigenvalue weighted by Crippen LogP contribution is 2.33. The standard InChI is InChI=1S/C25H31N3O2S2/c1-16-11-18(3)23(19(4)12-16)22-15-31-25(26-22)27-7-9-28(10-8-27)32(29,30)24-20(5)13-17(2)14-21(24)6/h11-15H,7-10H2,1-6H3. The highest BCUT2D eigenvalue weighted by atomic mass is 32.2. The zero-order valence-electron chi connectivity index (χ0n) is 19.7. The summed E-state index contributed by atoms with van der Waals surface area (Å²) in [6.07, 6.45) is 0. The predicted octanol–water partition coefficient (Wildman–Crippen LogP) is 5.17. The molecular weight excluding hydrogens is 438 g/mol. The quantitative estimate of drug-likeness (QED) is 0.529. The van der Waals surface area contributed by atoms with Crippen LogP contribution in [0.5, 0.6) is 0 Å². The second-order valence-corrected chi connectivity index (χ2v) is 11.6. The van der Waals surface area contributed by atoms with Crippen LogP contribution >= 0.6 is 11.3 Å². The number of aromatic nitrogens is 1. The van der Waals surface area contributed by atoms with Crippen molar-refractivity contribution in [3.63, 3.8) is 0 Å². The Hall–Kier alpha value is -2.22. The van der Waals surface area contributed by atoms with Crippen molar-refractivity contribution in [1.29, 1.82) is 0 Å². The monoisotopic (exact) mass is 469 g/mol. The topological polar surface area (TPSA) is 53.5 Å². The molecule has 7 heteroatoms. The largest absolute Gasteiger partial charge is 0.345 e. The minimum Gasteiger partial charge on any atom is -0.345 e. The lowest BCUT2D eigenvalue weighted by atomic mass is 9.98. The SMILES string of the molecule is Cc1cc(C)c(-c2csc(N3CCN(S(=O)(=O)c4c(C)cc(C)cc4C)CC3)n2)c(C)c1. The minimum absolute atomic E-state index is 0.457. The van der Waals surface area contributed by atoms with E-state index in [-0.39, 0.29) is 0 Å². The van der Waals surface area contributed by atoms with Crippen molar-refractivity contribution in [3.8, 4) is 11.3 Å². The van der Waals surface area contributed by atoms with Crippen molar-refractivity contribution in [2.45, 2.75) is 46.4 Å². The molecule has 0 N–H and O–H groups in total. The van der Waals surface area contributed by atoms with Gasteiger partial charge in [-0.15, -0.1) is 11.3 Å². The molecular formula is C25H31N3O2S2. The summed E-state index contributed by atoms with van der Waals surface area (Å²) in [5, 5.41) is 3.07. The molecule has 1 saturated heterocycles. The molecule has 170 valence electrons. The predicted molar refractivity (Wildman–Crippen MR) is 133 cm³/mol. The van der Waals surface area contributed by atoms with Crippen LogP contribution in [0.25, 0.3) is 11.3 Å². The molecule has 1 fully saturated rings. The van der Waals surface area contributed by atoms with E-state index in [1.54, 1.807) is 15.6 Å². The van der Waals surface area contributed by atoms with Crippen molar-refractivity contribution in [2.75, 3.05) is 31.1 Å². The average Bonchev–Trinajstić information content (AvgIpc) is 3.16. The Morgan fingerprint density at radius 3 is 1.81 bits per heavy atom. The van der Waals surface area contributed by atoms with E-state index in [9.17, 15) is 8.42 Å². The summed E-state index contributed by atoms with van der Waals surface area (Å²) in [6, 6.07) is 8.28. The Morgan fingerprint density at radius 2 is 1.28 bits per heavy atom. The summed E-state index contributed by atoms with van der Waals surface area (Å²) in [4.78, 5) is 7.57. The lowest BCUT2D eigenvalue weighted by molar-refractivity contribution is 0.384. The first-order valence-electron chi connectivity index (χ1n) is 10.9. The Labute approximate surface area is 195 Å². The van der Waals surface area contributed by atoms with E-state index in [4.69, 9.17) is 4.98 Å². The average molecular weight is 470 g/mol. The van der Waals surface area contributed by atoms with Gasteiger partial charge >= 0.3 is 0 Å². The van der Waals surface area contributed by atoms with Gasteiger partial charge < -0.3 is 4.90 Å². The van der Waals surface area contributed by atoms with E-state index in [1.165, 1.54) is 22.3 Å². The first-order valence-corrected chi connectivity index (χ1v) is 13.3. The maximum Gasteiger partial charge on any atom is 0.243 e. The molecule has 32 heavy (non-hydrogen) atoms. The van der Waals surface area contributed by atoms with Crippen LogP contribution in [0.1, 0.15) is 33.4 Å². The van der Waals surface area contributed by atoms with E-state index in [1.807, 2.05) is 32.9 Å². The van der Waals surface area contributed by atoms with E-state index in [0.717, 1.165) is 27.5 Å². The van der Waals surface area contributed by atoms with Gasteiger partial charge in [0.15, 0.2) is 5.13 Å². The van der Waals surface area contributed by atoms with Gasteiger partial charge in [-0.05, 0) is 63.8 Å². The molecule has 0 radical (unpaired) electrons. The molecule has 0 atom stereocenters. The number of nitrogens with zero attached hydrogens (tertiary/aromatic N) is 3. The Morgan fingerprint density at radius 1 is 0.781 bits per heavy atom. The van der Waals surface area contributed by atoms with Crippen LogP contribution in [0.3, 0.4) is 0 Å². The molecule has 2 heterocycles. The maximum absolute atomic E-state index is 13.4. The third-order valence-corrected chi connectivity index (χ3v) is 9.24. The van der Waals surface area contributed by atoms with Crippen molar-refractivity contribution in [1.82, 2.24) is 9.29 Å². The normalized spacial score (nSPS) is 15.4. The summed E-state index contributed by atoms with van der Waals surface area (Å²) >= 11 is 1.63. The summed E-state index contributed by atoms with van der Waals surface area (Å²) in [6.45, 7) is 14.4. The lowest BCUT2D eigenvalue weighted by Crippen LogP contribution is -2.48. The Kier molecular flexibility index (Phi) is 6.18. The van der Waals surface area contributed by atoms with Gasteiger partial charge in [-0.3, -0.25) is 0 Å². The number of rotatable bonds is 4. The number of piperazine rings is 1. The molecule has 0 spiro atoms. The van der Waals surface area contributed by atoms with Crippen LogP contribution in [-0.4, -0.2) is 43.9 Å². The third-order valence-electron chi connectivity index (χ3n) is 6.14. The minimum atomic E-state index is -3.51. The fourth-order valence-corrected chi connectivity index (χ4v) is 7.64. The zero-order chi connectivity index (χ0) is 23.2. The number of benzene rings is 2. The van der Waals surface area contributed by atoms with Crippen LogP contribution in [0.4, 0.5) is 5.13 Å². The van der Waals surface area contributed by atoms with Gasteiger partial charge in [0.05, 0.1) is 10.6 Å². The second-order valence-electron chi connectivity index (χ2n) is 8.91. The molecule has 5 nitrogen and oxygen atoms in total. The smallest absolute Gasteiger partial charge is 0.243 e. The van der Waals surface area contributed by atoms with Gasteiger partial charge in [-0.25, -0.2) is 13.4 Å². The summed E-state index contributed by atoms with van der Waals surface area (Å²) < 4.78 is 28.4. The molecule has 1 aliphatic heterocycles. The van der Waals surface area contributed by atoms with Crippen molar-refractivity contribution in [2.24, 2.45) is 0 Å². The van der Waals surface area contributed by atoms with Gasteiger partial charge in [0.2, 0.25) is 10.0 Å². The summed E-state index contributed by atoms with van der Waals surface area (Å²) in [5.41, 5.74) is 8.65. The first-order chi connectivity index (χ1) is 15.1. The number of hydrogen-bond acceptors (Lipinski definition) is 5. The fourth-order valence-electron chi connectivity index (χ4n) is 4.93. The summed E-state index contributed by atoms with van der Waals surface area (Å²) in [5.74, 6) is 0. The van der Waals surface area contributed by atoms with Gasteiger partial charge in [-0.1, -0.05) is 35.4 Å². The van der Waals surface area contributed by atoms with Crippen LogP contribution in [-0.2, 0) is 10.0 Å². The van der Waals surface area contributed by atoms with Crippen molar-refractivity contribution >= 4 is 26.5 Å². The van der Waals surface area contributed by atoms with Gasteiger partial charge in [0.1, 0.15) is 0 Å².